The highest BCUT2D eigenvalue weighted by Gasteiger charge is 2.52. The number of rotatable bonds is 2. The Bertz CT molecular complexity index is 544. The fraction of sp³-hybridized carbons (Fsp3) is 0.500. The number of carbonyl (C=O) groups is 1. The van der Waals surface area contributed by atoms with Crippen LogP contribution < -0.4 is 16.5 Å². The zero-order valence-corrected chi connectivity index (χ0v) is 13.0. The molecule has 21 heavy (non-hydrogen) atoms. The summed E-state index contributed by atoms with van der Waals surface area (Å²) in [6.07, 6.45) is -0.544. The van der Waals surface area contributed by atoms with E-state index in [9.17, 15) is 4.79 Å². The van der Waals surface area contributed by atoms with Crippen molar-refractivity contribution in [3.8, 4) is 0 Å². The van der Waals surface area contributed by atoms with Gasteiger partial charge >= 0.3 is 13.2 Å². The maximum Gasteiger partial charge on any atom is 0.496 e. The van der Waals surface area contributed by atoms with Crippen LogP contribution in [0.4, 0.5) is 16.2 Å². The van der Waals surface area contributed by atoms with Crippen LogP contribution >= 0.6 is 0 Å². The summed E-state index contributed by atoms with van der Waals surface area (Å²) < 4.78 is 16.5. The van der Waals surface area contributed by atoms with Crippen molar-refractivity contribution in [2.24, 2.45) is 0 Å². The number of anilines is 2. The van der Waals surface area contributed by atoms with E-state index in [0.717, 1.165) is 5.46 Å². The van der Waals surface area contributed by atoms with Gasteiger partial charge in [0.2, 0.25) is 0 Å². The standard InChI is InChI=1S/C14H21BN2O4/c1-13(2)14(3,4)21-15(20-13)10-7-6-9(8-11(10)16)17-12(18)19-5/h6-8H,16H2,1-5H3,(H,17,18). The number of hydrogen-bond acceptors (Lipinski definition) is 5. The van der Waals surface area contributed by atoms with E-state index in [1.165, 1.54) is 7.11 Å². The van der Waals surface area contributed by atoms with Crippen molar-refractivity contribution in [2.75, 3.05) is 18.2 Å². The maximum absolute atomic E-state index is 11.2. The second-order valence-corrected chi connectivity index (χ2v) is 6.05. The Morgan fingerprint density at radius 2 is 1.81 bits per heavy atom. The number of methoxy groups -OCH3 is 1. The number of benzene rings is 1. The normalized spacial score (nSPS) is 19.4. The largest absolute Gasteiger partial charge is 0.496 e. The van der Waals surface area contributed by atoms with Crippen LogP contribution in [0.15, 0.2) is 18.2 Å². The molecule has 114 valence electrons. The number of hydrogen-bond donors (Lipinski definition) is 2. The first-order valence-electron chi connectivity index (χ1n) is 6.76. The van der Waals surface area contributed by atoms with Gasteiger partial charge in [-0.05, 0) is 39.8 Å². The van der Waals surface area contributed by atoms with Crippen molar-refractivity contribution < 1.29 is 18.8 Å². The van der Waals surface area contributed by atoms with Gasteiger partial charge in [-0.2, -0.15) is 0 Å². The highest BCUT2D eigenvalue weighted by atomic mass is 16.7. The summed E-state index contributed by atoms with van der Waals surface area (Å²) >= 11 is 0. The van der Waals surface area contributed by atoms with Crippen LogP contribution in [0.25, 0.3) is 0 Å². The SMILES string of the molecule is COC(=O)Nc1ccc(B2OC(C)(C)C(C)(C)O2)c(N)c1. The van der Waals surface area contributed by atoms with Crippen molar-refractivity contribution in [1.29, 1.82) is 0 Å². The molecule has 0 saturated carbocycles. The summed E-state index contributed by atoms with van der Waals surface area (Å²) in [6.45, 7) is 7.93. The average Bonchev–Trinajstić information content (AvgIpc) is 2.58. The van der Waals surface area contributed by atoms with Crippen LogP contribution in [0.3, 0.4) is 0 Å². The molecule has 0 atom stereocenters. The first kappa shape index (κ1) is 15.7. The quantitative estimate of drug-likeness (QED) is 0.641. The van der Waals surface area contributed by atoms with Crippen LogP contribution in [-0.4, -0.2) is 31.5 Å². The number of nitrogens with one attached hydrogen (secondary N) is 1. The highest BCUT2D eigenvalue weighted by molar-refractivity contribution is 6.63. The van der Waals surface area contributed by atoms with Gasteiger partial charge in [0.25, 0.3) is 0 Å². The smallest absolute Gasteiger partial charge is 0.453 e. The van der Waals surface area contributed by atoms with E-state index >= 15 is 0 Å². The van der Waals surface area contributed by atoms with Crippen LogP contribution in [0.1, 0.15) is 27.7 Å². The van der Waals surface area contributed by atoms with Gasteiger partial charge in [0.1, 0.15) is 0 Å². The number of nitrogen functional groups attached to an aromatic ring is 1. The van der Waals surface area contributed by atoms with Gasteiger partial charge in [-0.25, -0.2) is 4.79 Å². The molecule has 1 aromatic rings. The van der Waals surface area contributed by atoms with Crippen LogP contribution in [0.5, 0.6) is 0 Å². The Morgan fingerprint density at radius 1 is 1.24 bits per heavy atom. The van der Waals surface area contributed by atoms with Crippen molar-refractivity contribution in [3.05, 3.63) is 18.2 Å². The third kappa shape index (κ3) is 2.98. The third-order valence-corrected chi connectivity index (χ3v) is 4.03. The summed E-state index contributed by atoms with van der Waals surface area (Å²) in [6, 6.07) is 5.16. The summed E-state index contributed by atoms with van der Waals surface area (Å²) in [5.41, 5.74) is 6.98. The lowest BCUT2D eigenvalue weighted by Crippen LogP contribution is -2.41. The second kappa shape index (κ2) is 5.24. The fourth-order valence-corrected chi connectivity index (χ4v) is 2.01. The van der Waals surface area contributed by atoms with Crippen LogP contribution in [0.2, 0.25) is 0 Å². The molecule has 2 rings (SSSR count). The minimum absolute atomic E-state index is 0.424. The van der Waals surface area contributed by atoms with Crippen molar-refractivity contribution in [2.45, 2.75) is 38.9 Å². The Labute approximate surface area is 125 Å². The average molecular weight is 292 g/mol. The van der Waals surface area contributed by atoms with E-state index in [0.29, 0.717) is 11.4 Å². The zero-order valence-electron chi connectivity index (χ0n) is 13.0. The molecular weight excluding hydrogens is 271 g/mol. The Kier molecular flexibility index (Phi) is 3.90. The van der Waals surface area contributed by atoms with Crippen molar-refractivity contribution >= 4 is 30.0 Å². The molecule has 0 aliphatic carbocycles. The first-order valence-corrected chi connectivity index (χ1v) is 6.76. The summed E-state index contributed by atoms with van der Waals surface area (Å²) in [5, 5.41) is 2.56. The molecule has 1 saturated heterocycles. The molecule has 0 bridgehead atoms. The molecule has 1 aliphatic heterocycles. The number of carbonyl (C=O) groups excluding carboxylic acids is 1. The van der Waals surface area contributed by atoms with Gasteiger partial charge in [-0.1, -0.05) is 6.07 Å². The number of nitrogens with two attached hydrogens (primary N) is 1. The van der Waals surface area contributed by atoms with E-state index in [1.807, 2.05) is 27.7 Å². The van der Waals surface area contributed by atoms with Gasteiger partial charge < -0.3 is 19.8 Å². The highest BCUT2D eigenvalue weighted by Crippen LogP contribution is 2.36. The van der Waals surface area contributed by atoms with Gasteiger partial charge in [0, 0.05) is 16.8 Å². The molecule has 1 aromatic carbocycles. The first-order chi connectivity index (χ1) is 9.66. The monoisotopic (exact) mass is 292 g/mol. The predicted octanol–water partition coefficient (Wildman–Crippen LogP) is 1.75. The molecule has 1 aliphatic rings. The third-order valence-electron chi connectivity index (χ3n) is 4.03. The molecule has 1 amide bonds. The van der Waals surface area contributed by atoms with Crippen LogP contribution in [0, 0.1) is 0 Å². The van der Waals surface area contributed by atoms with Gasteiger partial charge in [-0.15, -0.1) is 0 Å². The van der Waals surface area contributed by atoms with Gasteiger partial charge in [0.05, 0.1) is 18.3 Å². The van der Waals surface area contributed by atoms with E-state index in [-0.39, 0.29) is 0 Å². The zero-order chi connectivity index (χ0) is 15.8. The molecule has 0 aromatic heterocycles. The summed E-state index contributed by atoms with van der Waals surface area (Å²) in [7, 11) is 0.777. The molecule has 1 fully saturated rings. The van der Waals surface area contributed by atoms with E-state index in [4.69, 9.17) is 15.0 Å². The predicted molar refractivity (Wildman–Crippen MR) is 82.6 cm³/mol. The Morgan fingerprint density at radius 3 is 2.29 bits per heavy atom. The van der Waals surface area contributed by atoms with Gasteiger partial charge in [0.15, 0.2) is 0 Å². The number of ether oxygens (including phenoxy) is 1. The van der Waals surface area contributed by atoms with E-state index in [1.54, 1.807) is 18.2 Å². The summed E-state index contributed by atoms with van der Waals surface area (Å²) in [5.74, 6) is 0. The fourth-order valence-electron chi connectivity index (χ4n) is 2.01. The van der Waals surface area contributed by atoms with Crippen molar-refractivity contribution in [3.63, 3.8) is 0 Å². The van der Waals surface area contributed by atoms with E-state index in [2.05, 4.69) is 10.1 Å². The lowest BCUT2D eigenvalue weighted by Gasteiger charge is -2.32. The van der Waals surface area contributed by atoms with Crippen LogP contribution in [-0.2, 0) is 14.0 Å². The molecule has 6 nitrogen and oxygen atoms in total. The minimum Gasteiger partial charge on any atom is -0.453 e. The Hall–Kier alpha value is -1.73. The van der Waals surface area contributed by atoms with E-state index < -0.39 is 24.4 Å². The maximum atomic E-state index is 11.2. The second-order valence-electron chi connectivity index (χ2n) is 6.05. The molecule has 0 unspecified atom stereocenters. The van der Waals surface area contributed by atoms with Gasteiger partial charge in [-0.3, -0.25) is 5.32 Å². The lowest BCUT2D eigenvalue weighted by atomic mass is 9.78. The molecule has 1 heterocycles. The molecule has 0 spiro atoms. The topological polar surface area (TPSA) is 82.8 Å². The molecule has 3 N–H and O–H groups in total. The molecule has 7 heteroatoms. The molecular formula is C14H21BN2O4. The molecule has 0 radical (unpaired) electrons. The summed E-state index contributed by atoms with van der Waals surface area (Å²) in [4.78, 5) is 11.2. The Balaban J connectivity index is 2.21. The minimum atomic E-state index is -0.544. The van der Waals surface area contributed by atoms with Crippen molar-refractivity contribution in [1.82, 2.24) is 0 Å². The number of amides is 1. The lowest BCUT2D eigenvalue weighted by molar-refractivity contribution is 0.00578.